The van der Waals surface area contributed by atoms with Crippen LogP contribution in [0.4, 0.5) is 11.4 Å². The zero-order chi connectivity index (χ0) is 17.2. The van der Waals surface area contributed by atoms with Gasteiger partial charge in [-0.05, 0) is 38.1 Å². The number of sulfonamides is 1. The number of nitrogens with two attached hydrogens (primary N) is 1. The van der Waals surface area contributed by atoms with Crippen molar-refractivity contribution in [2.45, 2.75) is 18.7 Å². The minimum atomic E-state index is -4.03. The van der Waals surface area contributed by atoms with Crippen molar-refractivity contribution in [3.63, 3.8) is 0 Å². The highest BCUT2D eigenvalue weighted by atomic mass is 32.2. The van der Waals surface area contributed by atoms with Crippen LogP contribution in [-0.2, 0) is 10.0 Å². The molecule has 10 heteroatoms. The third kappa shape index (κ3) is 3.93. The average molecular weight is 338 g/mol. The fraction of sp³-hybridized carbons (Fsp3) is 0.154. The highest BCUT2D eigenvalue weighted by Gasteiger charge is 2.19. The van der Waals surface area contributed by atoms with Gasteiger partial charge in [-0.3, -0.25) is 15.5 Å². The Morgan fingerprint density at radius 1 is 1.35 bits per heavy atom. The van der Waals surface area contributed by atoms with E-state index in [1.807, 2.05) is 0 Å². The second-order valence-corrected chi connectivity index (χ2v) is 6.26. The van der Waals surface area contributed by atoms with E-state index in [0.717, 1.165) is 12.1 Å². The van der Waals surface area contributed by atoms with Gasteiger partial charge >= 0.3 is 0 Å². The van der Waals surface area contributed by atoms with Gasteiger partial charge in [-0.15, -0.1) is 0 Å². The molecular weight excluding hydrogens is 324 g/mol. The quantitative estimate of drug-likeness (QED) is 0.485. The van der Waals surface area contributed by atoms with Crippen molar-refractivity contribution >= 4 is 27.1 Å². The normalized spacial score (nSPS) is 12.2. The molecule has 0 spiro atoms. The van der Waals surface area contributed by atoms with Crippen LogP contribution < -0.4 is 10.6 Å². The van der Waals surface area contributed by atoms with E-state index >= 15 is 0 Å². The standard InChI is InChI=1S/C13H14N4O5S/c1-8-3-6-13(22-8)9(2)15-16-11-5-4-10(23(14,20)21)7-12(11)17(18)19/h3-7,16H,1-2H3,(H2,14,20,21)/b15-9-. The number of nitro benzene ring substituents is 1. The lowest BCUT2D eigenvalue weighted by atomic mass is 10.3. The summed E-state index contributed by atoms with van der Waals surface area (Å²) in [6.45, 7) is 3.44. The van der Waals surface area contributed by atoms with Crippen molar-refractivity contribution in [3.8, 4) is 0 Å². The number of hydrogen-bond donors (Lipinski definition) is 2. The lowest BCUT2D eigenvalue weighted by Crippen LogP contribution is -2.12. The van der Waals surface area contributed by atoms with Crippen LogP contribution >= 0.6 is 0 Å². The molecule has 0 radical (unpaired) electrons. The summed E-state index contributed by atoms with van der Waals surface area (Å²) >= 11 is 0. The molecule has 1 heterocycles. The largest absolute Gasteiger partial charge is 0.460 e. The predicted octanol–water partition coefficient (Wildman–Crippen LogP) is 1.98. The first kappa shape index (κ1) is 16.6. The number of aryl methyl sites for hydroxylation is 1. The van der Waals surface area contributed by atoms with Crippen molar-refractivity contribution in [1.29, 1.82) is 0 Å². The maximum absolute atomic E-state index is 11.3. The Morgan fingerprint density at radius 2 is 2.04 bits per heavy atom. The van der Waals surface area contributed by atoms with Crippen molar-refractivity contribution in [2.24, 2.45) is 10.2 Å². The van der Waals surface area contributed by atoms with Gasteiger partial charge in [0, 0.05) is 6.07 Å². The molecule has 0 aliphatic rings. The summed E-state index contributed by atoms with van der Waals surface area (Å²) in [6.07, 6.45) is 0. The minimum absolute atomic E-state index is 0.0324. The molecule has 0 amide bonds. The van der Waals surface area contributed by atoms with Crippen molar-refractivity contribution in [1.82, 2.24) is 0 Å². The summed E-state index contributed by atoms with van der Waals surface area (Å²) in [5, 5.41) is 20.0. The Hall–Kier alpha value is -2.72. The number of hydrazone groups is 1. The summed E-state index contributed by atoms with van der Waals surface area (Å²) in [4.78, 5) is 10.0. The topological polar surface area (TPSA) is 141 Å². The Balaban J connectivity index is 2.34. The van der Waals surface area contributed by atoms with E-state index in [9.17, 15) is 18.5 Å². The summed E-state index contributed by atoms with van der Waals surface area (Å²) in [6, 6.07) is 6.74. The first-order chi connectivity index (χ1) is 10.7. The summed E-state index contributed by atoms with van der Waals surface area (Å²) in [7, 11) is -4.03. The van der Waals surface area contributed by atoms with Gasteiger partial charge in [0.25, 0.3) is 5.69 Å². The molecule has 122 valence electrons. The second-order valence-electron chi connectivity index (χ2n) is 4.70. The number of benzene rings is 1. The number of nitrogens with one attached hydrogen (secondary N) is 1. The van der Waals surface area contributed by atoms with Gasteiger partial charge < -0.3 is 4.42 Å². The van der Waals surface area contributed by atoms with Gasteiger partial charge in [0.05, 0.1) is 9.82 Å². The zero-order valence-corrected chi connectivity index (χ0v) is 13.1. The first-order valence-electron chi connectivity index (χ1n) is 6.37. The molecule has 1 aromatic carbocycles. The fourth-order valence-corrected chi connectivity index (χ4v) is 2.30. The number of nitrogens with zero attached hydrogens (tertiary/aromatic N) is 2. The number of furan rings is 1. The predicted molar refractivity (Wildman–Crippen MR) is 83.7 cm³/mol. The van der Waals surface area contributed by atoms with Crippen LogP contribution in [-0.4, -0.2) is 19.1 Å². The lowest BCUT2D eigenvalue weighted by Gasteiger charge is -2.05. The highest BCUT2D eigenvalue weighted by molar-refractivity contribution is 7.89. The molecule has 3 N–H and O–H groups in total. The maximum atomic E-state index is 11.3. The van der Waals surface area contributed by atoms with Gasteiger partial charge in [0.15, 0.2) is 0 Å². The second kappa shape index (κ2) is 6.18. The van der Waals surface area contributed by atoms with Crippen molar-refractivity contribution < 1.29 is 17.8 Å². The Labute approximate surface area is 132 Å². The summed E-state index contributed by atoms with van der Waals surface area (Å²) < 4.78 is 27.9. The van der Waals surface area contributed by atoms with Gasteiger partial charge in [-0.2, -0.15) is 5.10 Å². The van der Waals surface area contributed by atoms with Crippen LogP contribution in [0.2, 0.25) is 0 Å². The number of anilines is 1. The molecule has 0 fully saturated rings. The summed E-state index contributed by atoms with van der Waals surface area (Å²) in [5.74, 6) is 1.22. The molecule has 0 aliphatic carbocycles. The smallest absolute Gasteiger partial charge is 0.295 e. The molecule has 23 heavy (non-hydrogen) atoms. The van der Waals surface area contributed by atoms with Crippen LogP contribution in [0.15, 0.2) is 44.7 Å². The number of nitro groups is 1. The van der Waals surface area contributed by atoms with Gasteiger partial charge in [-0.25, -0.2) is 13.6 Å². The van der Waals surface area contributed by atoms with E-state index < -0.39 is 20.6 Å². The molecule has 0 aliphatic heterocycles. The fourth-order valence-electron chi connectivity index (χ4n) is 1.76. The van der Waals surface area contributed by atoms with E-state index in [0.29, 0.717) is 17.2 Å². The van der Waals surface area contributed by atoms with Gasteiger partial charge in [0.1, 0.15) is 22.9 Å². The molecule has 0 saturated carbocycles. The van der Waals surface area contributed by atoms with Crippen LogP contribution in [0, 0.1) is 17.0 Å². The highest BCUT2D eigenvalue weighted by Crippen LogP contribution is 2.27. The third-order valence-corrected chi connectivity index (χ3v) is 3.85. The number of hydrogen-bond acceptors (Lipinski definition) is 7. The van der Waals surface area contributed by atoms with E-state index in [4.69, 9.17) is 9.56 Å². The Bertz CT molecular complexity index is 886. The van der Waals surface area contributed by atoms with E-state index in [1.54, 1.807) is 26.0 Å². The number of rotatable bonds is 5. The maximum Gasteiger partial charge on any atom is 0.295 e. The monoisotopic (exact) mass is 338 g/mol. The molecule has 2 rings (SSSR count). The average Bonchev–Trinajstić information content (AvgIpc) is 2.90. The minimum Gasteiger partial charge on any atom is -0.460 e. The van der Waals surface area contributed by atoms with Crippen molar-refractivity contribution in [2.75, 3.05) is 5.43 Å². The molecule has 2 aromatic rings. The van der Waals surface area contributed by atoms with Gasteiger partial charge in [-0.1, -0.05) is 0 Å². The molecule has 0 atom stereocenters. The molecular formula is C13H14N4O5S. The zero-order valence-electron chi connectivity index (χ0n) is 12.3. The van der Waals surface area contributed by atoms with E-state index in [1.165, 1.54) is 6.07 Å². The summed E-state index contributed by atoms with van der Waals surface area (Å²) in [5.41, 5.74) is 2.58. The molecule has 9 nitrogen and oxygen atoms in total. The van der Waals surface area contributed by atoms with Crippen molar-refractivity contribution in [3.05, 3.63) is 52.0 Å². The van der Waals surface area contributed by atoms with Crippen LogP contribution in [0.1, 0.15) is 18.4 Å². The van der Waals surface area contributed by atoms with E-state index in [-0.39, 0.29) is 10.6 Å². The molecule has 0 bridgehead atoms. The SMILES string of the molecule is C/C(=N/Nc1ccc(S(N)(=O)=O)cc1[N+](=O)[O-])c1ccc(C)o1. The lowest BCUT2D eigenvalue weighted by molar-refractivity contribution is -0.384. The molecule has 0 unspecified atom stereocenters. The molecule has 0 saturated heterocycles. The van der Waals surface area contributed by atoms with E-state index in [2.05, 4.69) is 10.5 Å². The molecule has 1 aromatic heterocycles. The third-order valence-electron chi connectivity index (χ3n) is 2.94. The van der Waals surface area contributed by atoms with Crippen LogP contribution in [0.25, 0.3) is 0 Å². The first-order valence-corrected chi connectivity index (χ1v) is 7.91. The number of primary sulfonamides is 1. The van der Waals surface area contributed by atoms with Crippen LogP contribution in [0.3, 0.4) is 0 Å². The Kier molecular flexibility index (Phi) is 4.48. The van der Waals surface area contributed by atoms with Crippen LogP contribution in [0.5, 0.6) is 0 Å². The van der Waals surface area contributed by atoms with Gasteiger partial charge in [0.2, 0.25) is 10.0 Å². The Morgan fingerprint density at radius 3 is 2.57 bits per heavy atom.